The van der Waals surface area contributed by atoms with Crippen LogP contribution in [-0.2, 0) is 4.79 Å². The maximum atomic E-state index is 12.3. The van der Waals surface area contributed by atoms with Crippen molar-refractivity contribution in [1.82, 2.24) is 10.2 Å². The normalized spacial score (nSPS) is 17.9. The lowest BCUT2D eigenvalue weighted by molar-refractivity contribution is -0.133. The van der Waals surface area contributed by atoms with Gasteiger partial charge in [0, 0.05) is 31.2 Å². The van der Waals surface area contributed by atoms with Gasteiger partial charge in [0.05, 0.1) is 5.92 Å². The Morgan fingerprint density at radius 1 is 1.35 bits per heavy atom. The second-order valence-corrected chi connectivity index (χ2v) is 4.73. The summed E-state index contributed by atoms with van der Waals surface area (Å²) in [6, 6.07) is 7.56. The van der Waals surface area contributed by atoms with E-state index in [2.05, 4.69) is 5.32 Å². The molecule has 1 atom stereocenters. The van der Waals surface area contributed by atoms with Crippen molar-refractivity contribution < 1.29 is 4.79 Å². The fourth-order valence-electron chi connectivity index (χ4n) is 2.12. The molecule has 3 nitrogen and oxygen atoms in total. The molecule has 1 aromatic rings. The van der Waals surface area contributed by atoms with E-state index < -0.39 is 0 Å². The van der Waals surface area contributed by atoms with Gasteiger partial charge in [-0.25, -0.2) is 0 Å². The van der Waals surface area contributed by atoms with Crippen molar-refractivity contribution in [3.63, 3.8) is 0 Å². The average molecular weight is 253 g/mol. The molecule has 0 aromatic heterocycles. The van der Waals surface area contributed by atoms with Gasteiger partial charge in [-0.3, -0.25) is 4.79 Å². The summed E-state index contributed by atoms with van der Waals surface area (Å²) in [6.45, 7) is 5.24. The molecule has 1 aliphatic rings. The maximum absolute atomic E-state index is 12.3. The van der Waals surface area contributed by atoms with Crippen LogP contribution in [0, 0.1) is 0 Å². The first-order valence-corrected chi connectivity index (χ1v) is 6.32. The maximum Gasteiger partial charge on any atom is 0.229 e. The lowest BCUT2D eigenvalue weighted by Gasteiger charge is -2.30. The summed E-state index contributed by atoms with van der Waals surface area (Å²) in [4.78, 5) is 14.2. The molecule has 1 N–H and O–H groups in total. The lowest BCUT2D eigenvalue weighted by atomic mass is 9.99. The largest absolute Gasteiger partial charge is 0.340 e. The number of benzene rings is 1. The van der Waals surface area contributed by atoms with Crippen LogP contribution in [0.5, 0.6) is 0 Å². The van der Waals surface area contributed by atoms with Crippen molar-refractivity contribution in [3.05, 3.63) is 34.9 Å². The van der Waals surface area contributed by atoms with Gasteiger partial charge in [-0.05, 0) is 18.6 Å². The molecular weight excluding hydrogens is 236 g/mol. The predicted octanol–water partition coefficient (Wildman–Crippen LogP) is 1.88. The van der Waals surface area contributed by atoms with E-state index in [0.29, 0.717) is 5.02 Å². The third-order valence-corrected chi connectivity index (χ3v) is 3.52. The Morgan fingerprint density at radius 2 is 2.00 bits per heavy atom. The number of piperazine rings is 1. The number of hydrogen-bond acceptors (Lipinski definition) is 2. The van der Waals surface area contributed by atoms with E-state index in [1.54, 1.807) is 0 Å². The zero-order valence-electron chi connectivity index (χ0n) is 9.95. The molecule has 92 valence electrons. The van der Waals surface area contributed by atoms with Gasteiger partial charge in [0.15, 0.2) is 0 Å². The Kier molecular flexibility index (Phi) is 4.02. The monoisotopic (exact) mass is 252 g/mol. The van der Waals surface area contributed by atoms with Gasteiger partial charge in [0.25, 0.3) is 0 Å². The zero-order chi connectivity index (χ0) is 12.3. The first-order valence-electron chi connectivity index (χ1n) is 5.94. The number of carbonyl (C=O) groups is 1. The molecule has 1 fully saturated rings. The van der Waals surface area contributed by atoms with Crippen LogP contribution in [0.2, 0.25) is 5.02 Å². The number of amides is 1. The summed E-state index contributed by atoms with van der Waals surface area (Å²) in [6.07, 6.45) is 0. The quantitative estimate of drug-likeness (QED) is 0.872. The summed E-state index contributed by atoms with van der Waals surface area (Å²) < 4.78 is 0. The highest BCUT2D eigenvalue weighted by atomic mass is 35.5. The number of nitrogens with zero attached hydrogens (tertiary/aromatic N) is 1. The molecule has 1 heterocycles. The van der Waals surface area contributed by atoms with Gasteiger partial charge in [0.2, 0.25) is 5.91 Å². The van der Waals surface area contributed by atoms with Crippen LogP contribution in [-0.4, -0.2) is 37.0 Å². The minimum atomic E-state index is -0.165. The lowest BCUT2D eigenvalue weighted by Crippen LogP contribution is -2.47. The van der Waals surface area contributed by atoms with E-state index in [4.69, 9.17) is 11.6 Å². The standard InChI is InChI=1S/C13H17ClN2O/c1-10(11-4-2-3-5-12(11)14)13(17)16-8-6-15-7-9-16/h2-5,10,15H,6-9H2,1H3. The van der Waals surface area contributed by atoms with Crippen molar-refractivity contribution in [1.29, 1.82) is 0 Å². The van der Waals surface area contributed by atoms with Crippen molar-refractivity contribution in [3.8, 4) is 0 Å². The minimum absolute atomic E-state index is 0.165. The summed E-state index contributed by atoms with van der Waals surface area (Å²) >= 11 is 6.12. The van der Waals surface area contributed by atoms with Gasteiger partial charge >= 0.3 is 0 Å². The molecule has 1 amide bonds. The molecule has 0 bridgehead atoms. The van der Waals surface area contributed by atoms with Crippen molar-refractivity contribution in [2.45, 2.75) is 12.8 Å². The SMILES string of the molecule is CC(C(=O)N1CCNCC1)c1ccccc1Cl. The van der Waals surface area contributed by atoms with Gasteiger partial charge < -0.3 is 10.2 Å². The van der Waals surface area contributed by atoms with Crippen LogP contribution in [0.4, 0.5) is 0 Å². The van der Waals surface area contributed by atoms with Gasteiger partial charge in [-0.15, -0.1) is 0 Å². The molecule has 0 radical (unpaired) electrons. The Balaban J connectivity index is 2.11. The molecule has 1 aliphatic heterocycles. The number of nitrogens with one attached hydrogen (secondary N) is 1. The van der Waals surface area contributed by atoms with E-state index in [9.17, 15) is 4.79 Å². The number of hydrogen-bond donors (Lipinski definition) is 1. The Labute approximate surface area is 107 Å². The number of halogens is 1. The van der Waals surface area contributed by atoms with Gasteiger partial charge in [-0.2, -0.15) is 0 Å². The first kappa shape index (κ1) is 12.4. The van der Waals surface area contributed by atoms with Crippen LogP contribution in [0.15, 0.2) is 24.3 Å². The molecule has 17 heavy (non-hydrogen) atoms. The molecule has 0 aliphatic carbocycles. The minimum Gasteiger partial charge on any atom is -0.340 e. The average Bonchev–Trinajstić information content (AvgIpc) is 2.39. The van der Waals surface area contributed by atoms with Crippen LogP contribution < -0.4 is 5.32 Å². The van der Waals surface area contributed by atoms with E-state index in [-0.39, 0.29) is 11.8 Å². The number of carbonyl (C=O) groups excluding carboxylic acids is 1. The summed E-state index contributed by atoms with van der Waals surface area (Å²) in [7, 11) is 0. The Bertz CT molecular complexity index is 402. The third-order valence-electron chi connectivity index (χ3n) is 3.17. The van der Waals surface area contributed by atoms with E-state index >= 15 is 0 Å². The summed E-state index contributed by atoms with van der Waals surface area (Å²) in [5.74, 6) is 0.00130. The van der Waals surface area contributed by atoms with Crippen LogP contribution in [0.25, 0.3) is 0 Å². The van der Waals surface area contributed by atoms with E-state index in [1.807, 2.05) is 36.1 Å². The van der Waals surface area contributed by atoms with Crippen molar-refractivity contribution in [2.75, 3.05) is 26.2 Å². The Hall–Kier alpha value is -1.06. The summed E-state index contributed by atoms with van der Waals surface area (Å²) in [5.41, 5.74) is 0.915. The Morgan fingerprint density at radius 3 is 2.65 bits per heavy atom. The predicted molar refractivity (Wildman–Crippen MR) is 69.3 cm³/mol. The fraction of sp³-hybridized carbons (Fsp3) is 0.462. The van der Waals surface area contributed by atoms with Crippen molar-refractivity contribution in [2.24, 2.45) is 0 Å². The number of rotatable bonds is 2. The van der Waals surface area contributed by atoms with Gasteiger partial charge in [-0.1, -0.05) is 29.8 Å². The van der Waals surface area contributed by atoms with Crippen LogP contribution >= 0.6 is 11.6 Å². The summed E-state index contributed by atoms with van der Waals surface area (Å²) in [5, 5.41) is 3.91. The van der Waals surface area contributed by atoms with Crippen LogP contribution in [0.3, 0.4) is 0 Å². The molecule has 1 aromatic carbocycles. The molecule has 4 heteroatoms. The van der Waals surface area contributed by atoms with Crippen molar-refractivity contribution >= 4 is 17.5 Å². The molecule has 2 rings (SSSR count). The highest BCUT2D eigenvalue weighted by Gasteiger charge is 2.24. The van der Waals surface area contributed by atoms with E-state index in [1.165, 1.54) is 0 Å². The van der Waals surface area contributed by atoms with E-state index in [0.717, 1.165) is 31.7 Å². The zero-order valence-corrected chi connectivity index (χ0v) is 10.7. The molecule has 1 unspecified atom stereocenters. The highest BCUT2D eigenvalue weighted by molar-refractivity contribution is 6.31. The van der Waals surface area contributed by atoms with Gasteiger partial charge in [0.1, 0.15) is 0 Å². The smallest absolute Gasteiger partial charge is 0.229 e. The topological polar surface area (TPSA) is 32.3 Å². The molecule has 0 spiro atoms. The molecular formula is C13H17ClN2O. The second-order valence-electron chi connectivity index (χ2n) is 4.32. The van der Waals surface area contributed by atoms with Crippen LogP contribution in [0.1, 0.15) is 18.4 Å². The first-order chi connectivity index (χ1) is 8.20. The second kappa shape index (κ2) is 5.52. The highest BCUT2D eigenvalue weighted by Crippen LogP contribution is 2.25. The fourth-order valence-corrected chi connectivity index (χ4v) is 2.42. The molecule has 1 saturated heterocycles. The molecule has 0 saturated carbocycles. The third kappa shape index (κ3) is 2.79.